The number of nitrogens with one attached hydrogen (secondary N) is 1. The first kappa shape index (κ1) is 13.4. The van der Waals surface area contributed by atoms with Gasteiger partial charge in [-0.15, -0.1) is 0 Å². The molecule has 3 unspecified atom stereocenters. The van der Waals surface area contributed by atoms with Gasteiger partial charge in [-0.25, -0.2) is 0 Å². The molecule has 0 amide bonds. The molecule has 3 heteroatoms. The molecule has 0 spiro atoms. The van der Waals surface area contributed by atoms with Crippen molar-refractivity contribution in [2.75, 3.05) is 13.7 Å². The lowest BCUT2D eigenvalue weighted by Gasteiger charge is -2.43. The highest BCUT2D eigenvalue weighted by atomic mass is 16.5. The lowest BCUT2D eigenvalue weighted by Crippen LogP contribution is -2.60. The molecule has 1 aliphatic rings. The highest BCUT2D eigenvalue weighted by Crippen LogP contribution is 2.30. The zero-order valence-electron chi connectivity index (χ0n) is 11.5. The molecule has 3 atom stereocenters. The second-order valence-corrected chi connectivity index (χ2v) is 4.72. The quantitative estimate of drug-likeness (QED) is 0.839. The normalized spacial score (nSPS) is 26.7. The van der Waals surface area contributed by atoms with Crippen molar-refractivity contribution in [3.63, 3.8) is 0 Å². The Morgan fingerprint density at radius 1 is 1.28 bits per heavy atom. The molecular weight excluding hydrogens is 226 g/mol. The van der Waals surface area contributed by atoms with Crippen molar-refractivity contribution in [2.45, 2.75) is 44.9 Å². The van der Waals surface area contributed by atoms with Crippen LogP contribution in [0.15, 0.2) is 24.3 Å². The Balaban J connectivity index is 1.98. The van der Waals surface area contributed by atoms with Gasteiger partial charge in [0.05, 0.1) is 0 Å². The third kappa shape index (κ3) is 2.68. The molecule has 100 valence electrons. The topological polar surface area (TPSA) is 30.5 Å². The fourth-order valence-electron chi connectivity index (χ4n) is 2.55. The average molecular weight is 249 g/mol. The van der Waals surface area contributed by atoms with Gasteiger partial charge in [0.25, 0.3) is 0 Å². The summed E-state index contributed by atoms with van der Waals surface area (Å²) in [4.78, 5) is 0. The van der Waals surface area contributed by atoms with Gasteiger partial charge in [0, 0.05) is 19.6 Å². The SMILES string of the molecule is CCNC1CC(Oc2ccccc2CC)C1OC. The number of rotatable bonds is 6. The predicted molar refractivity (Wildman–Crippen MR) is 73.1 cm³/mol. The van der Waals surface area contributed by atoms with Crippen molar-refractivity contribution in [3.05, 3.63) is 29.8 Å². The van der Waals surface area contributed by atoms with E-state index in [1.165, 1.54) is 5.56 Å². The molecule has 1 fully saturated rings. The van der Waals surface area contributed by atoms with Gasteiger partial charge in [-0.3, -0.25) is 0 Å². The summed E-state index contributed by atoms with van der Waals surface area (Å²) in [6, 6.07) is 8.68. The lowest BCUT2D eigenvalue weighted by atomic mass is 9.85. The third-order valence-corrected chi connectivity index (χ3v) is 3.62. The minimum absolute atomic E-state index is 0.162. The van der Waals surface area contributed by atoms with Gasteiger partial charge in [-0.05, 0) is 24.6 Å². The molecule has 0 bridgehead atoms. The summed E-state index contributed by atoms with van der Waals surface area (Å²) in [6.45, 7) is 5.24. The van der Waals surface area contributed by atoms with Crippen molar-refractivity contribution in [1.29, 1.82) is 0 Å². The van der Waals surface area contributed by atoms with Gasteiger partial charge in [0.15, 0.2) is 0 Å². The largest absolute Gasteiger partial charge is 0.487 e. The monoisotopic (exact) mass is 249 g/mol. The Hall–Kier alpha value is -1.06. The van der Waals surface area contributed by atoms with E-state index in [1.807, 2.05) is 12.1 Å². The molecule has 2 rings (SSSR count). The molecule has 1 aromatic rings. The van der Waals surface area contributed by atoms with Crippen LogP contribution in [0, 0.1) is 0 Å². The van der Waals surface area contributed by atoms with E-state index in [-0.39, 0.29) is 12.2 Å². The Bertz CT molecular complexity index is 381. The highest BCUT2D eigenvalue weighted by Gasteiger charge is 2.42. The number of hydrogen-bond acceptors (Lipinski definition) is 3. The molecule has 1 N–H and O–H groups in total. The first-order valence-electron chi connectivity index (χ1n) is 6.80. The molecular formula is C15H23NO2. The molecule has 0 heterocycles. The molecule has 1 aliphatic carbocycles. The van der Waals surface area contributed by atoms with Crippen LogP contribution in [0.1, 0.15) is 25.8 Å². The summed E-state index contributed by atoms with van der Waals surface area (Å²) >= 11 is 0. The Morgan fingerprint density at radius 3 is 2.72 bits per heavy atom. The Labute approximate surface area is 109 Å². The summed E-state index contributed by atoms with van der Waals surface area (Å²) in [7, 11) is 1.76. The van der Waals surface area contributed by atoms with Gasteiger partial charge in [-0.2, -0.15) is 0 Å². The first-order chi connectivity index (χ1) is 8.80. The van der Waals surface area contributed by atoms with Crippen LogP contribution in [-0.4, -0.2) is 31.9 Å². The van der Waals surface area contributed by atoms with E-state index in [0.717, 1.165) is 25.1 Å². The van der Waals surface area contributed by atoms with Crippen molar-refractivity contribution in [1.82, 2.24) is 5.32 Å². The van der Waals surface area contributed by atoms with Crippen LogP contribution in [-0.2, 0) is 11.2 Å². The Morgan fingerprint density at radius 2 is 2.06 bits per heavy atom. The van der Waals surface area contributed by atoms with E-state index in [9.17, 15) is 0 Å². The molecule has 0 radical (unpaired) electrons. The smallest absolute Gasteiger partial charge is 0.128 e. The second-order valence-electron chi connectivity index (χ2n) is 4.72. The summed E-state index contributed by atoms with van der Waals surface area (Å²) in [5.41, 5.74) is 1.26. The fourth-order valence-corrected chi connectivity index (χ4v) is 2.55. The molecule has 1 aromatic carbocycles. The number of aryl methyl sites for hydroxylation is 1. The fraction of sp³-hybridized carbons (Fsp3) is 0.600. The number of para-hydroxylation sites is 1. The lowest BCUT2D eigenvalue weighted by molar-refractivity contribution is -0.0886. The van der Waals surface area contributed by atoms with Crippen LogP contribution in [0.25, 0.3) is 0 Å². The van der Waals surface area contributed by atoms with Gasteiger partial charge in [-0.1, -0.05) is 32.0 Å². The van der Waals surface area contributed by atoms with Gasteiger partial charge in [0.1, 0.15) is 18.0 Å². The van der Waals surface area contributed by atoms with E-state index in [2.05, 4.69) is 31.3 Å². The molecule has 1 saturated carbocycles. The van der Waals surface area contributed by atoms with E-state index >= 15 is 0 Å². The van der Waals surface area contributed by atoms with Crippen LogP contribution in [0.2, 0.25) is 0 Å². The van der Waals surface area contributed by atoms with E-state index in [1.54, 1.807) is 7.11 Å². The maximum atomic E-state index is 6.09. The third-order valence-electron chi connectivity index (χ3n) is 3.62. The van der Waals surface area contributed by atoms with Crippen LogP contribution < -0.4 is 10.1 Å². The van der Waals surface area contributed by atoms with Gasteiger partial charge in [0.2, 0.25) is 0 Å². The van der Waals surface area contributed by atoms with Crippen molar-refractivity contribution in [3.8, 4) is 5.75 Å². The number of likely N-dealkylation sites (N-methyl/N-ethyl adjacent to an activating group) is 1. The number of methoxy groups -OCH3 is 1. The van der Waals surface area contributed by atoms with Crippen molar-refractivity contribution < 1.29 is 9.47 Å². The molecule has 0 aromatic heterocycles. The maximum Gasteiger partial charge on any atom is 0.128 e. The van der Waals surface area contributed by atoms with Crippen LogP contribution in [0.3, 0.4) is 0 Å². The van der Waals surface area contributed by atoms with Crippen LogP contribution in [0.4, 0.5) is 0 Å². The minimum atomic E-state index is 0.162. The van der Waals surface area contributed by atoms with Crippen LogP contribution in [0.5, 0.6) is 5.75 Å². The summed E-state index contributed by atoms with van der Waals surface area (Å²) in [5, 5.41) is 3.42. The second kappa shape index (κ2) is 6.21. The zero-order chi connectivity index (χ0) is 13.0. The first-order valence-corrected chi connectivity index (χ1v) is 6.80. The number of hydrogen-bond donors (Lipinski definition) is 1. The number of benzene rings is 1. The highest BCUT2D eigenvalue weighted by molar-refractivity contribution is 5.33. The predicted octanol–water partition coefficient (Wildman–Crippen LogP) is 2.39. The average Bonchev–Trinajstić information content (AvgIpc) is 2.38. The molecule has 18 heavy (non-hydrogen) atoms. The molecule has 3 nitrogen and oxygen atoms in total. The van der Waals surface area contributed by atoms with Gasteiger partial charge >= 0.3 is 0 Å². The summed E-state index contributed by atoms with van der Waals surface area (Å²) in [5.74, 6) is 1.00. The van der Waals surface area contributed by atoms with E-state index in [4.69, 9.17) is 9.47 Å². The van der Waals surface area contributed by atoms with Crippen molar-refractivity contribution >= 4 is 0 Å². The Kier molecular flexibility index (Phi) is 4.61. The van der Waals surface area contributed by atoms with Crippen molar-refractivity contribution in [2.24, 2.45) is 0 Å². The minimum Gasteiger partial charge on any atom is -0.487 e. The summed E-state index contributed by atoms with van der Waals surface area (Å²) < 4.78 is 11.6. The zero-order valence-corrected chi connectivity index (χ0v) is 11.5. The van der Waals surface area contributed by atoms with E-state index in [0.29, 0.717) is 6.04 Å². The van der Waals surface area contributed by atoms with Crippen LogP contribution >= 0.6 is 0 Å². The standard InChI is InChI=1S/C15H23NO2/c1-4-11-8-6-7-9-13(11)18-14-10-12(16-5-2)15(14)17-3/h6-9,12,14-16H,4-5,10H2,1-3H3. The molecule has 0 aliphatic heterocycles. The van der Waals surface area contributed by atoms with Gasteiger partial charge < -0.3 is 14.8 Å². The van der Waals surface area contributed by atoms with E-state index < -0.39 is 0 Å². The maximum absolute atomic E-state index is 6.09. The summed E-state index contributed by atoms with van der Waals surface area (Å²) in [6.07, 6.45) is 2.35. The number of ether oxygens (including phenoxy) is 2. The molecule has 0 saturated heterocycles.